The van der Waals surface area contributed by atoms with E-state index in [2.05, 4.69) is 0 Å². The van der Waals surface area contributed by atoms with Gasteiger partial charge in [0.15, 0.2) is 0 Å². The largest absolute Gasteiger partial charge is 0.330 e. The highest BCUT2D eigenvalue weighted by Crippen LogP contribution is 2.12. The van der Waals surface area contributed by atoms with Gasteiger partial charge in [-0.3, -0.25) is 4.79 Å². The van der Waals surface area contributed by atoms with Crippen LogP contribution >= 0.6 is 0 Å². The van der Waals surface area contributed by atoms with E-state index in [9.17, 15) is 4.79 Å². The van der Waals surface area contributed by atoms with Gasteiger partial charge >= 0.3 is 0 Å². The van der Waals surface area contributed by atoms with Gasteiger partial charge in [0.1, 0.15) is 5.78 Å². The molecule has 0 bridgehead atoms. The van der Waals surface area contributed by atoms with Crippen LogP contribution < -0.4 is 5.73 Å². The maximum absolute atomic E-state index is 11.1. The van der Waals surface area contributed by atoms with Gasteiger partial charge in [-0.05, 0) is 31.0 Å². The summed E-state index contributed by atoms with van der Waals surface area (Å²) in [4.78, 5) is 11.1. The molecule has 1 aromatic carbocycles. The Morgan fingerprint density at radius 3 is 2.80 bits per heavy atom. The van der Waals surface area contributed by atoms with Crippen molar-refractivity contribution in [2.24, 2.45) is 5.73 Å². The molecule has 0 spiro atoms. The Labute approximate surface area is 90.8 Å². The first kappa shape index (κ1) is 11.7. The quantitative estimate of drug-likeness (QED) is 0.797. The fourth-order valence-corrected chi connectivity index (χ4v) is 1.43. The van der Waals surface area contributed by atoms with Crippen LogP contribution in [0.5, 0.6) is 0 Å². The molecule has 15 heavy (non-hydrogen) atoms. The zero-order valence-electron chi connectivity index (χ0n) is 9.07. The molecular weight excluding hydrogens is 186 g/mol. The molecule has 0 aliphatic heterocycles. The van der Waals surface area contributed by atoms with E-state index in [-0.39, 0.29) is 5.78 Å². The third kappa shape index (κ3) is 4.09. The Morgan fingerprint density at radius 2 is 2.13 bits per heavy atom. The highest BCUT2D eigenvalue weighted by molar-refractivity contribution is 5.79. The summed E-state index contributed by atoms with van der Waals surface area (Å²) < 4.78 is 0. The minimum absolute atomic E-state index is 0.190. The van der Waals surface area contributed by atoms with Gasteiger partial charge in [-0.25, -0.2) is 0 Å². The van der Waals surface area contributed by atoms with Gasteiger partial charge in [-0.2, -0.15) is 0 Å². The fraction of sp³-hybridized carbons (Fsp3) is 0.308. The zero-order chi connectivity index (χ0) is 11.1. The molecule has 2 nitrogen and oxygen atoms in total. The average molecular weight is 203 g/mol. The smallest absolute Gasteiger partial charge is 0.134 e. The van der Waals surface area contributed by atoms with Crippen molar-refractivity contribution in [1.82, 2.24) is 0 Å². The number of hydrogen-bond donors (Lipinski definition) is 1. The maximum Gasteiger partial charge on any atom is 0.134 e. The lowest BCUT2D eigenvalue weighted by Gasteiger charge is -2.02. The van der Waals surface area contributed by atoms with E-state index in [1.807, 2.05) is 36.4 Å². The lowest BCUT2D eigenvalue weighted by atomic mass is 10.0. The van der Waals surface area contributed by atoms with Crippen LogP contribution in [0.3, 0.4) is 0 Å². The maximum atomic E-state index is 11.1. The first-order valence-electron chi connectivity index (χ1n) is 5.18. The van der Waals surface area contributed by atoms with Gasteiger partial charge in [0, 0.05) is 6.42 Å². The van der Waals surface area contributed by atoms with Gasteiger partial charge in [0.25, 0.3) is 0 Å². The third-order valence-electron chi connectivity index (χ3n) is 2.13. The molecule has 2 N–H and O–H groups in total. The van der Waals surface area contributed by atoms with Crippen LogP contribution in [0.25, 0.3) is 6.08 Å². The van der Waals surface area contributed by atoms with E-state index >= 15 is 0 Å². The molecule has 80 valence electrons. The third-order valence-corrected chi connectivity index (χ3v) is 2.13. The molecule has 0 aromatic heterocycles. The fourth-order valence-electron chi connectivity index (χ4n) is 1.43. The van der Waals surface area contributed by atoms with Crippen LogP contribution in [0.2, 0.25) is 0 Å². The van der Waals surface area contributed by atoms with Crippen molar-refractivity contribution in [2.75, 3.05) is 6.54 Å². The molecule has 1 aromatic rings. The van der Waals surface area contributed by atoms with E-state index in [1.165, 1.54) is 0 Å². The number of benzene rings is 1. The van der Waals surface area contributed by atoms with Gasteiger partial charge in [-0.1, -0.05) is 36.4 Å². The standard InChI is InChI=1S/C13H17NO/c1-11(15)10-13-8-3-2-6-12(13)7-4-5-9-14/h2-4,6-8H,5,9-10,14H2,1H3. The summed E-state index contributed by atoms with van der Waals surface area (Å²) in [6.45, 7) is 2.27. The summed E-state index contributed by atoms with van der Waals surface area (Å²) in [5.74, 6) is 0.190. The van der Waals surface area contributed by atoms with Crippen molar-refractivity contribution >= 4 is 11.9 Å². The summed E-state index contributed by atoms with van der Waals surface area (Å²) >= 11 is 0. The highest BCUT2D eigenvalue weighted by Gasteiger charge is 2.00. The summed E-state index contributed by atoms with van der Waals surface area (Å²) in [5.41, 5.74) is 7.60. The van der Waals surface area contributed by atoms with Crippen molar-refractivity contribution in [3.63, 3.8) is 0 Å². The molecule has 1 rings (SSSR count). The average Bonchev–Trinajstić information content (AvgIpc) is 2.20. The van der Waals surface area contributed by atoms with E-state index in [1.54, 1.807) is 6.92 Å². The molecular formula is C13H17NO. The van der Waals surface area contributed by atoms with E-state index in [4.69, 9.17) is 5.73 Å². The second-order valence-electron chi connectivity index (χ2n) is 3.56. The Bertz CT molecular complexity index is 355. The molecule has 2 heteroatoms. The first-order chi connectivity index (χ1) is 7.24. The summed E-state index contributed by atoms with van der Waals surface area (Å²) in [5, 5.41) is 0. The molecule has 0 radical (unpaired) electrons. The number of ketones is 1. The van der Waals surface area contributed by atoms with Gasteiger partial charge in [-0.15, -0.1) is 0 Å². The topological polar surface area (TPSA) is 43.1 Å². The molecule has 0 amide bonds. The van der Waals surface area contributed by atoms with Gasteiger partial charge in [0.2, 0.25) is 0 Å². The summed E-state index contributed by atoms with van der Waals surface area (Å²) in [6, 6.07) is 7.94. The number of hydrogen-bond acceptors (Lipinski definition) is 2. The Morgan fingerprint density at radius 1 is 1.40 bits per heavy atom. The summed E-state index contributed by atoms with van der Waals surface area (Å²) in [6.07, 6.45) is 5.45. The van der Waals surface area contributed by atoms with E-state index < -0.39 is 0 Å². The van der Waals surface area contributed by atoms with Crippen LogP contribution in [0.1, 0.15) is 24.5 Å². The van der Waals surface area contributed by atoms with Crippen molar-refractivity contribution in [3.8, 4) is 0 Å². The Kier molecular flexibility index (Phi) is 4.78. The SMILES string of the molecule is CC(=O)Cc1ccccc1C=CCCN. The van der Waals surface area contributed by atoms with Gasteiger partial charge < -0.3 is 5.73 Å². The predicted molar refractivity (Wildman–Crippen MR) is 63.5 cm³/mol. The molecule has 0 saturated carbocycles. The molecule has 0 saturated heterocycles. The first-order valence-corrected chi connectivity index (χ1v) is 5.18. The van der Waals surface area contributed by atoms with Gasteiger partial charge in [0.05, 0.1) is 0 Å². The lowest BCUT2D eigenvalue weighted by molar-refractivity contribution is -0.116. The van der Waals surface area contributed by atoms with Crippen molar-refractivity contribution in [3.05, 3.63) is 41.5 Å². The molecule has 0 fully saturated rings. The summed E-state index contributed by atoms with van der Waals surface area (Å²) in [7, 11) is 0. The Hall–Kier alpha value is -1.41. The van der Waals surface area contributed by atoms with Crippen LogP contribution in [-0.4, -0.2) is 12.3 Å². The normalized spacial score (nSPS) is 10.8. The predicted octanol–water partition coefficient (Wildman–Crippen LogP) is 2.18. The van der Waals surface area contributed by atoms with Crippen LogP contribution in [0.4, 0.5) is 0 Å². The number of carbonyl (C=O) groups is 1. The van der Waals surface area contributed by atoms with E-state index in [0.717, 1.165) is 17.5 Å². The molecule has 0 heterocycles. The van der Waals surface area contributed by atoms with E-state index in [0.29, 0.717) is 13.0 Å². The molecule has 0 unspecified atom stereocenters. The number of Topliss-reactive ketones (excluding diaryl/α,β-unsaturated/α-hetero) is 1. The molecule has 0 aliphatic carbocycles. The van der Waals surface area contributed by atoms with Crippen molar-refractivity contribution in [1.29, 1.82) is 0 Å². The molecule has 0 atom stereocenters. The number of rotatable bonds is 5. The second-order valence-corrected chi connectivity index (χ2v) is 3.56. The highest BCUT2D eigenvalue weighted by atomic mass is 16.1. The van der Waals surface area contributed by atoms with Crippen molar-refractivity contribution < 1.29 is 4.79 Å². The Balaban J connectivity index is 2.81. The molecule has 0 aliphatic rings. The lowest BCUT2D eigenvalue weighted by Crippen LogP contribution is -1.98. The van der Waals surface area contributed by atoms with Crippen LogP contribution in [0.15, 0.2) is 30.3 Å². The van der Waals surface area contributed by atoms with Crippen LogP contribution in [0, 0.1) is 0 Å². The monoisotopic (exact) mass is 203 g/mol. The minimum Gasteiger partial charge on any atom is -0.330 e. The second kappa shape index (κ2) is 6.14. The minimum atomic E-state index is 0.190. The van der Waals surface area contributed by atoms with Crippen molar-refractivity contribution in [2.45, 2.75) is 19.8 Å². The number of nitrogens with two attached hydrogens (primary N) is 1. The van der Waals surface area contributed by atoms with Crippen LogP contribution in [-0.2, 0) is 11.2 Å². The zero-order valence-corrected chi connectivity index (χ0v) is 9.07. The number of carbonyl (C=O) groups excluding carboxylic acids is 1.